The fourth-order valence-corrected chi connectivity index (χ4v) is 10.3. The van der Waals surface area contributed by atoms with E-state index in [-0.39, 0.29) is 0 Å². The summed E-state index contributed by atoms with van der Waals surface area (Å²) in [4.78, 5) is 2.36. The van der Waals surface area contributed by atoms with Crippen LogP contribution in [0, 0.1) is 0 Å². The molecule has 0 aliphatic rings. The van der Waals surface area contributed by atoms with Gasteiger partial charge < -0.3 is 9.47 Å². The molecule has 0 saturated carbocycles. The predicted octanol–water partition coefficient (Wildman–Crippen LogP) is 16.8. The summed E-state index contributed by atoms with van der Waals surface area (Å²) in [5.41, 5.74) is 14.1. The molecule has 12 rings (SSSR count). The first kappa shape index (κ1) is 35.2. The van der Waals surface area contributed by atoms with Crippen molar-refractivity contribution in [1.29, 1.82) is 0 Å². The Morgan fingerprint density at radius 2 is 0.770 bits per heavy atom. The Balaban J connectivity index is 0.901. The topological polar surface area (TPSA) is 8.17 Å². The maximum absolute atomic E-state index is 2.37. The Kier molecular flexibility index (Phi) is 8.39. The minimum atomic E-state index is 1.10. The van der Waals surface area contributed by atoms with E-state index in [1.54, 1.807) is 0 Å². The number of rotatable bonds is 7. The van der Waals surface area contributed by atoms with Crippen molar-refractivity contribution in [2.75, 3.05) is 4.90 Å². The molecule has 286 valence electrons. The maximum atomic E-state index is 2.37. The normalized spacial score (nSPS) is 11.6. The first-order valence-corrected chi connectivity index (χ1v) is 21.6. The van der Waals surface area contributed by atoms with Crippen LogP contribution in [-0.4, -0.2) is 4.57 Å². The van der Waals surface area contributed by atoms with E-state index in [4.69, 9.17) is 0 Å². The third kappa shape index (κ3) is 6.09. The molecule has 3 heteroatoms. The van der Waals surface area contributed by atoms with Crippen LogP contribution < -0.4 is 4.90 Å². The second-order valence-corrected chi connectivity index (χ2v) is 16.8. The fourth-order valence-electron chi connectivity index (χ4n) is 9.23. The summed E-state index contributed by atoms with van der Waals surface area (Å²) in [6.07, 6.45) is 0. The number of hydrogen-bond donors (Lipinski definition) is 0. The fraction of sp³-hybridized carbons (Fsp3) is 0. The summed E-state index contributed by atoms with van der Waals surface area (Å²) in [5.74, 6) is 0. The van der Waals surface area contributed by atoms with Gasteiger partial charge in [-0.3, -0.25) is 0 Å². The van der Waals surface area contributed by atoms with Gasteiger partial charge in [-0.1, -0.05) is 152 Å². The Hall–Kier alpha value is -7.72. The van der Waals surface area contributed by atoms with Crippen LogP contribution in [0.1, 0.15) is 0 Å². The monoisotopic (exact) mass is 794 g/mol. The van der Waals surface area contributed by atoms with E-state index >= 15 is 0 Å². The summed E-state index contributed by atoms with van der Waals surface area (Å²) in [6.45, 7) is 0. The van der Waals surface area contributed by atoms with Gasteiger partial charge in [0.05, 0.1) is 11.0 Å². The van der Waals surface area contributed by atoms with E-state index < -0.39 is 0 Å². The molecular formula is C58H38N2S. The van der Waals surface area contributed by atoms with Gasteiger partial charge in [-0.05, 0) is 123 Å². The third-order valence-electron chi connectivity index (χ3n) is 12.2. The number of thiophene rings is 1. The molecule has 0 amide bonds. The number of fused-ring (bicyclic) bond motifs is 7. The Bertz CT molecular complexity index is 3500. The van der Waals surface area contributed by atoms with Crippen molar-refractivity contribution in [1.82, 2.24) is 4.57 Å². The van der Waals surface area contributed by atoms with Crippen LogP contribution in [0.3, 0.4) is 0 Å². The van der Waals surface area contributed by atoms with Crippen LogP contribution in [0.25, 0.3) is 91.8 Å². The number of anilines is 3. The van der Waals surface area contributed by atoms with Crippen molar-refractivity contribution >= 4 is 81.1 Å². The second-order valence-electron chi connectivity index (χ2n) is 15.7. The van der Waals surface area contributed by atoms with Crippen molar-refractivity contribution in [3.05, 3.63) is 231 Å². The van der Waals surface area contributed by atoms with Crippen molar-refractivity contribution in [2.45, 2.75) is 0 Å². The Morgan fingerprint density at radius 1 is 0.311 bits per heavy atom. The molecule has 0 aliphatic heterocycles. The smallest absolute Gasteiger partial charge is 0.0541 e. The van der Waals surface area contributed by atoms with Gasteiger partial charge in [0, 0.05) is 53.7 Å². The van der Waals surface area contributed by atoms with Crippen LogP contribution >= 0.6 is 11.3 Å². The second kappa shape index (κ2) is 14.5. The highest BCUT2D eigenvalue weighted by Gasteiger charge is 2.16. The number of aromatic nitrogens is 1. The van der Waals surface area contributed by atoms with E-state index in [0.29, 0.717) is 0 Å². The first-order valence-electron chi connectivity index (χ1n) is 20.8. The van der Waals surface area contributed by atoms with Gasteiger partial charge in [0.1, 0.15) is 0 Å². The van der Waals surface area contributed by atoms with Crippen LogP contribution in [0.5, 0.6) is 0 Å². The quantitative estimate of drug-likeness (QED) is 0.156. The van der Waals surface area contributed by atoms with Crippen molar-refractivity contribution < 1.29 is 0 Å². The molecule has 10 aromatic carbocycles. The SMILES string of the molecule is c1ccc2c(-c3ccc(N(c4ccc(-c5ccc(-n6c7ccccc7c7ccccc76)cc5)cc4)c4ccc(-c5ccc6sc7ccccc7c6c5)cc4)cc3)cccc2c1. The first-order chi connectivity index (χ1) is 30.2. The standard InChI is InChI=1S/C58H38N2S/c1-2-12-49-42(10-1)11-9-16-50(49)43-26-35-47(36-27-43)59(46-31-24-41(25-32-46)44-28-37-58-54(38-44)53-15-5-8-19-57(53)61-58)45-29-20-39(21-30-45)40-22-33-48(34-23-40)60-55-17-6-3-13-51(55)52-14-4-7-18-56(52)60/h1-38H. The van der Waals surface area contributed by atoms with Gasteiger partial charge in [0.25, 0.3) is 0 Å². The lowest BCUT2D eigenvalue weighted by molar-refractivity contribution is 1.18. The summed E-state index contributed by atoms with van der Waals surface area (Å²) < 4.78 is 5.02. The van der Waals surface area contributed by atoms with Gasteiger partial charge in [0.2, 0.25) is 0 Å². The molecule has 0 spiro atoms. The Labute approximate surface area is 358 Å². The molecule has 61 heavy (non-hydrogen) atoms. The summed E-state index contributed by atoms with van der Waals surface area (Å²) in [5, 5.41) is 7.69. The zero-order valence-corrected chi connectivity index (χ0v) is 34.1. The number of benzene rings is 10. The van der Waals surface area contributed by atoms with E-state index in [0.717, 1.165) is 22.7 Å². The molecule has 0 atom stereocenters. The molecule has 0 fully saturated rings. The molecule has 0 saturated heterocycles. The summed E-state index contributed by atoms with van der Waals surface area (Å²) in [7, 11) is 0. The van der Waals surface area contributed by atoms with E-state index in [1.165, 1.54) is 86.1 Å². The number of hydrogen-bond acceptors (Lipinski definition) is 2. The summed E-state index contributed by atoms with van der Waals surface area (Å²) in [6, 6.07) is 84.1. The molecule has 0 bridgehead atoms. The van der Waals surface area contributed by atoms with E-state index in [1.807, 2.05) is 11.3 Å². The zero-order valence-electron chi connectivity index (χ0n) is 33.2. The average molecular weight is 795 g/mol. The maximum Gasteiger partial charge on any atom is 0.0541 e. The lowest BCUT2D eigenvalue weighted by Gasteiger charge is -2.26. The molecule has 2 aromatic heterocycles. The van der Waals surface area contributed by atoms with E-state index in [2.05, 4.69) is 240 Å². The van der Waals surface area contributed by atoms with Crippen molar-refractivity contribution in [2.24, 2.45) is 0 Å². The molecule has 0 N–H and O–H groups in total. The molecule has 0 radical (unpaired) electrons. The minimum absolute atomic E-state index is 1.10. The minimum Gasteiger partial charge on any atom is -0.311 e. The molecule has 0 aliphatic carbocycles. The van der Waals surface area contributed by atoms with Crippen LogP contribution in [0.2, 0.25) is 0 Å². The molecule has 2 heterocycles. The lowest BCUT2D eigenvalue weighted by Crippen LogP contribution is -2.09. The number of para-hydroxylation sites is 2. The zero-order chi connectivity index (χ0) is 40.3. The highest BCUT2D eigenvalue weighted by Crippen LogP contribution is 2.41. The van der Waals surface area contributed by atoms with Gasteiger partial charge in [-0.15, -0.1) is 11.3 Å². The predicted molar refractivity (Wildman–Crippen MR) is 262 cm³/mol. The number of nitrogens with zero attached hydrogens (tertiary/aromatic N) is 2. The third-order valence-corrected chi connectivity index (χ3v) is 13.4. The molecule has 0 unspecified atom stereocenters. The van der Waals surface area contributed by atoms with E-state index in [9.17, 15) is 0 Å². The largest absolute Gasteiger partial charge is 0.311 e. The summed E-state index contributed by atoms with van der Waals surface area (Å²) >= 11 is 1.86. The van der Waals surface area contributed by atoms with Gasteiger partial charge in [-0.2, -0.15) is 0 Å². The van der Waals surface area contributed by atoms with Crippen molar-refractivity contribution in [3.8, 4) is 39.1 Å². The van der Waals surface area contributed by atoms with Gasteiger partial charge >= 0.3 is 0 Å². The highest BCUT2D eigenvalue weighted by atomic mass is 32.1. The van der Waals surface area contributed by atoms with Crippen LogP contribution in [0.15, 0.2) is 231 Å². The van der Waals surface area contributed by atoms with Gasteiger partial charge in [-0.25, -0.2) is 0 Å². The highest BCUT2D eigenvalue weighted by molar-refractivity contribution is 7.25. The average Bonchev–Trinajstić information content (AvgIpc) is 3.88. The molecule has 12 aromatic rings. The van der Waals surface area contributed by atoms with Crippen molar-refractivity contribution in [3.63, 3.8) is 0 Å². The van der Waals surface area contributed by atoms with Crippen LogP contribution in [-0.2, 0) is 0 Å². The van der Waals surface area contributed by atoms with Crippen LogP contribution in [0.4, 0.5) is 17.1 Å². The Morgan fingerprint density at radius 3 is 1.41 bits per heavy atom. The lowest BCUT2D eigenvalue weighted by atomic mass is 9.98. The molecule has 2 nitrogen and oxygen atoms in total. The molecular weight excluding hydrogens is 757 g/mol. The van der Waals surface area contributed by atoms with Gasteiger partial charge in [0.15, 0.2) is 0 Å².